The Kier molecular flexibility index (Phi) is 3.27. The molecule has 1 aliphatic carbocycles. The van der Waals surface area contributed by atoms with Crippen molar-refractivity contribution < 1.29 is 0 Å². The largest absolute Gasteiger partial charge is 0.358 e. The molecule has 0 radical (unpaired) electrons. The van der Waals surface area contributed by atoms with Crippen LogP contribution >= 0.6 is 0 Å². The molecule has 3 nitrogen and oxygen atoms in total. The number of rotatable bonds is 2. The van der Waals surface area contributed by atoms with Gasteiger partial charge in [-0.2, -0.15) is 0 Å². The van der Waals surface area contributed by atoms with Crippen LogP contribution in [0.3, 0.4) is 0 Å². The van der Waals surface area contributed by atoms with Crippen molar-refractivity contribution in [1.29, 1.82) is 0 Å². The lowest BCUT2D eigenvalue weighted by atomic mass is 9.87. The first-order valence-electron chi connectivity index (χ1n) is 9.00. The Labute approximate surface area is 147 Å². The highest BCUT2D eigenvalue weighted by Gasteiger charge is 2.24. The second-order valence-electron chi connectivity index (χ2n) is 6.96. The number of hydrogen-bond acceptors (Lipinski definition) is 1. The lowest BCUT2D eigenvalue weighted by molar-refractivity contribution is 0.493. The van der Waals surface area contributed by atoms with E-state index in [1.54, 1.807) is 0 Å². The van der Waals surface area contributed by atoms with E-state index in [2.05, 4.69) is 70.0 Å². The number of H-pyrrole nitrogens is 1. The number of fused-ring (bicyclic) bond motifs is 2. The van der Waals surface area contributed by atoms with Crippen molar-refractivity contribution in [2.24, 2.45) is 0 Å². The van der Waals surface area contributed by atoms with Gasteiger partial charge >= 0.3 is 0 Å². The molecule has 2 aromatic carbocycles. The summed E-state index contributed by atoms with van der Waals surface area (Å²) in [6.07, 6.45) is 7.60. The standard InChI is InChI=1S/C22H21N3/c1-15-22(18-10-4-5-11-19(18)24-15)21-13-23-14-25(21)20-12-6-8-16-7-2-3-9-17(16)20/h2-5,7,9-11,13-14,20,24H,6,8,12H2,1H3. The number of para-hydroxylation sites is 1. The van der Waals surface area contributed by atoms with E-state index in [0.717, 1.165) is 0 Å². The zero-order valence-corrected chi connectivity index (χ0v) is 14.4. The zero-order valence-electron chi connectivity index (χ0n) is 14.4. The highest BCUT2D eigenvalue weighted by molar-refractivity contribution is 5.96. The Morgan fingerprint density at radius 1 is 1.08 bits per heavy atom. The van der Waals surface area contributed by atoms with E-state index in [1.165, 1.54) is 58.2 Å². The summed E-state index contributed by atoms with van der Waals surface area (Å²) < 4.78 is 2.38. The first kappa shape index (κ1) is 14.5. The summed E-state index contributed by atoms with van der Waals surface area (Å²) in [5, 5.41) is 1.27. The van der Waals surface area contributed by atoms with Crippen LogP contribution in [0.25, 0.3) is 22.2 Å². The van der Waals surface area contributed by atoms with Gasteiger partial charge in [-0.3, -0.25) is 0 Å². The number of aryl methyl sites for hydroxylation is 2. The lowest BCUT2D eigenvalue weighted by Crippen LogP contribution is -2.17. The molecule has 124 valence electrons. The molecule has 1 unspecified atom stereocenters. The maximum Gasteiger partial charge on any atom is 0.0956 e. The third kappa shape index (κ3) is 2.23. The smallest absolute Gasteiger partial charge is 0.0956 e. The van der Waals surface area contributed by atoms with Gasteiger partial charge in [-0.25, -0.2) is 4.98 Å². The van der Waals surface area contributed by atoms with Crippen LogP contribution in [0.4, 0.5) is 0 Å². The van der Waals surface area contributed by atoms with Crippen molar-refractivity contribution in [3.05, 3.63) is 77.9 Å². The number of nitrogens with one attached hydrogen (secondary N) is 1. The number of hydrogen-bond donors (Lipinski definition) is 1. The van der Waals surface area contributed by atoms with Gasteiger partial charge < -0.3 is 9.55 Å². The first-order chi connectivity index (χ1) is 12.3. The van der Waals surface area contributed by atoms with Gasteiger partial charge in [0.05, 0.1) is 24.3 Å². The minimum atomic E-state index is 0.371. The van der Waals surface area contributed by atoms with E-state index in [1.807, 2.05) is 12.5 Å². The normalized spacial score (nSPS) is 16.9. The summed E-state index contributed by atoms with van der Waals surface area (Å²) in [5.74, 6) is 0. The molecular weight excluding hydrogens is 306 g/mol. The molecule has 3 heteroatoms. The molecule has 1 N–H and O–H groups in total. The van der Waals surface area contributed by atoms with Gasteiger partial charge in [0.1, 0.15) is 0 Å². The Hall–Kier alpha value is -2.81. The van der Waals surface area contributed by atoms with Gasteiger partial charge in [-0.1, -0.05) is 42.5 Å². The molecule has 0 saturated heterocycles. The number of aromatic nitrogens is 3. The number of imidazole rings is 1. The predicted molar refractivity (Wildman–Crippen MR) is 102 cm³/mol. The topological polar surface area (TPSA) is 33.6 Å². The maximum atomic E-state index is 4.52. The third-order valence-corrected chi connectivity index (χ3v) is 5.49. The Morgan fingerprint density at radius 3 is 2.88 bits per heavy atom. The van der Waals surface area contributed by atoms with Crippen LogP contribution in [-0.4, -0.2) is 14.5 Å². The van der Waals surface area contributed by atoms with E-state index in [-0.39, 0.29) is 0 Å². The molecular formula is C22H21N3. The predicted octanol–water partition coefficient (Wildman–Crippen LogP) is 5.27. The van der Waals surface area contributed by atoms with Crippen LogP contribution in [0.2, 0.25) is 0 Å². The average molecular weight is 327 g/mol. The summed E-state index contributed by atoms with van der Waals surface area (Å²) in [6.45, 7) is 2.15. The fraction of sp³-hybridized carbons (Fsp3) is 0.227. The van der Waals surface area contributed by atoms with Gasteiger partial charge in [0.2, 0.25) is 0 Å². The first-order valence-corrected chi connectivity index (χ1v) is 9.00. The van der Waals surface area contributed by atoms with Gasteiger partial charge in [0, 0.05) is 22.2 Å². The van der Waals surface area contributed by atoms with Crippen molar-refractivity contribution in [3.63, 3.8) is 0 Å². The summed E-state index contributed by atoms with van der Waals surface area (Å²) in [4.78, 5) is 8.05. The minimum absolute atomic E-state index is 0.371. The molecule has 25 heavy (non-hydrogen) atoms. The van der Waals surface area contributed by atoms with Crippen LogP contribution < -0.4 is 0 Å². The molecule has 0 bridgehead atoms. The van der Waals surface area contributed by atoms with Crippen LogP contribution in [0, 0.1) is 6.92 Å². The highest BCUT2D eigenvalue weighted by Crippen LogP contribution is 2.38. The molecule has 1 aliphatic rings. The molecule has 0 spiro atoms. The summed E-state index contributed by atoms with van der Waals surface area (Å²) in [6, 6.07) is 17.8. The molecule has 0 amide bonds. The fourth-order valence-corrected chi connectivity index (χ4v) is 4.37. The molecule has 1 atom stereocenters. The zero-order chi connectivity index (χ0) is 16.8. The summed E-state index contributed by atoms with van der Waals surface area (Å²) in [7, 11) is 0. The monoisotopic (exact) mass is 327 g/mol. The summed E-state index contributed by atoms with van der Waals surface area (Å²) in [5.41, 5.74) is 7.80. The maximum absolute atomic E-state index is 4.52. The number of nitrogens with zero attached hydrogens (tertiary/aromatic N) is 2. The van der Waals surface area contributed by atoms with Crippen molar-refractivity contribution in [2.75, 3.05) is 0 Å². The second kappa shape index (κ2) is 5.62. The van der Waals surface area contributed by atoms with Crippen molar-refractivity contribution in [2.45, 2.75) is 32.2 Å². The van der Waals surface area contributed by atoms with Crippen LogP contribution in [0.1, 0.15) is 35.7 Å². The Morgan fingerprint density at radius 2 is 1.92 bits per heavy atom. The fourth-order valence-electron chi connectivity index (χ4n) is 4.37. The highest BCUT2D eigenvalue weighted by atomic mass is 15.1. The van der Waals surface area contributed by atoms with E-state index >= 15 is 0 Å². The molecule has 0 fully saturated rings. The number of aromatic amines is 1. The van der Waals surface area contributed by atoms with Crippen LogP contribution in [0.5, 0.6) is 0 Å². The Balaban J connectivity index is 1.70. The quantitative estimate of drug-likeness (QED) is 0.535. The number of benzene rings is 2. The molecule has 0 aliphatic heterocycles. The SMILES string of the molecule is Cc1[nH]c2ccccc2c1-c1cncn1C1CCCc2ccccc21. The van der Waals surface area contributed by atoms with Gasteiger partial charge in [0.15, 0.2) is 0 Å². The van der Waals surface area contributed by atoms with Gasteiger partial charge in [-0.05, 0) is 43.4 Å². The molecule has 5 rings (SSSR count). The van der Waals surface area contributed by atoms with Crippen molar-refractivity contribution >= 4 is 10.9 Å². The molecule has 2 aromatic heterocycles. The average Bonchev–Trinajstić information content (AvgIpc) is 3.24. The summed E-state index contributed by atoms with van der Waals surface area (Å²) >= 11 is 0. The molecule has 0 saturated carbocycles. The van der Waals surface area contributed by atoms with E-state index in [0.29, 0.717) is 6.04 Å². The van der Waals surface area contributed by atoms with E-state index in [4.69, 9.17) is 0 Å². The third-order valence-electron chi connectivity index (χ3n) is 5.49. The Bertz CT molecular complexity index is 1050. The van der Waals surface area contributed by atoms with E-state index < -0.39 is 0 Å². The van der Waals surface area contributed by atoms with E-state index in [9.17, 15) is 0 Å². The molecule has 2 heterocycles. The second-order valence-corrected chi connectivity index (χ2v) is 6.96. The van der Waals surface area contributed by atoms with Gasteiger partial charge in [0.25, 0.3) is 0 Å². The molecule has 4 aromatic rings. The van der Waals surface area contributed by atoms with Crippen LogP contribution in [-0.2, 0) is 6.42 Å². The minimum Gasteiger partial charge on any atom is -0.358 e. The van der Waals surface area contributed by atoms with Crippen molar-refractivity contribution in [3.8, 4) is 11.3 Å². The van der Waals surface area contributed by atoms with Crippen LogP contribution in [0.15, 0.2) is 61.1 Å². The lowest BCUT2D eigenvalue weighted by Gasteiger charge is -2.28. The van der Waals surface area contributed by atoms with Gasteiger partial charge in [-0.15, -0.1) is 0 Å². The van der Waals surface area contributed by atoms with Crippen molar-refractivity contribution in [1.82, 2.24) is 14.5 Å².